The average molecular weight is 407 g/mol. The number of nitrogens with one attached hydrogen (secondary N) is 2. The molecule has 2 aliphatic carbocycles. The summed E-state index contributed by atoms with van der Waals surface area (Å²) in [6.07, 6.45) is 9.23. The van der Waals surface area contributed by atoms with Crippen LogP contribution in [0.3, 0.4) is 0 Å². The number of carbonyl (C=O) groups excluding carboxylic acids is 2. The number of hydrogen-bond acceptors (Lipinski definition) is 4. The highest BCUT2D eigenvalue weighted by molar-refractivity contribution is 7.17. The maximum absolute atomic E-state index is 13.1. The lowest BCUT2D eigenvalue weighted by atomic mass is 9.85. The molecule has 154 valence electrons. The van der Waals surface area contributed by atoms with Gasteiger partial charge >= 0.3 is 5.97 Å². The van der Waals surface area contributed by atoms with Crippen LogP contribution in [0.15, 0.2) is 0 Å². The summed E-state index contributed by atoms with van der Waals surface area (Å²) in [5.74, 6) is -0.815. The Morgan fingerprint density at radius 1 is 1.11 bits per heavy atom. The van der Waals surface area contributed by atoms with Crippen molar-refractivity contribution in [3.05, 3.63) is 16.0 Å². The monoisotopic (exact) mass is 406 g/mol. The van der Waals surface area contributed by atoms with E-state index in [1.165, 1.54) is 22.6 Å². The van der Waals surface area contributed by atoms with Crippen molar-refractivity contribution < 1.29 is 19.5 Å². The maximum atomic E-state index is 13.1. The lowest BCUT2D eigenvalue weighted by Gasteiger charge is -2.24. The molecule has 1 fully saturated rings. The van der Waals surface area contributed by atoms with Gasteiger partial charge in [-0.15, -0.1) is 11.3 Å². The molecule has 0 unspecified atom stereocenters. The summed E-state index contributed by atoms with van der Waals surface area (Å²) < 4.78 is 0. The smallest absolute Gasteiger partial charge is 0.303 e. The van der Waals surface area contributed by atoms with Crippen LogP contribution in [0.4, 0.5) is 5.00 Å². The quantitative estimate of drug-likeness (QED) is 0.634. The molecule has 1 saturated carbocycles. The number of amides is 2. The van der Waals surface area contributed by atoms with Crippen LogP contribution < -0.4 is 10.6 Å². The van der Waals surface area contributed by atoms with E-state index >= 15 is 0 Å². The molecule has 0 aromatic carbocycles. The molecule has 0 bridgehead atoms. The number of aliphatic carboxylic acids is 1. The molecule has 0 saturated heterocycles. The summed E-state index contributed by atoms with van der Waals surface area (Å²) in [7, 11) is 0. The Labute approximate surface area is 170 Å². The maximum Gasteiger partial charge on any atom is 0.303 e. The van der Waals surface area contributed by atoms with E-state index in [4.69, 9.17) is 5.11 Å². The number of carboxylic acid groups (broad SMARTS) is 1. The number of fused-ring (bicyclic) bond motifs is 1. The normalized spacial score (nSPS) is 19.7. The van der Waals surface area contributed by atoms with Crippen molar-refractivity contribution in [2.45, 2.75) is 83.6 Å². The highest BCUT2D eigenvalue weighted by Gasteiger charge is 2.30. The fourth-order valence-corrected chi connectivity index (χ4v) is 5.62. The van der Waals surface area contributed by atoms with Gasteiger partial charge in [-0.05, 0) is 43.6 Å². The van der Waals surface area contributed by atoms with Crippen molar-refractivity contribution in [3.8, 4) is 0 Å². The van der Waals surface area contributed by atoms with E-state index in [0.717, 1.165) is 56.9 Å². The van der Waals surface area contributed by atoms with Crippen LogP contribution >= 0.6 is 11.3 Å². The second-order valence-corrected chi connectivity index (χ2v) is 9.08. The van der Waals surface area contributed by atoms with E-state index in [2.05, 4.69) is 17.6 Å². The Balaban J connectivity index is 1.80. The minimum atomic E-state index is -0.998. The van der Waals surface area contributed by atoms with Gasteiger partial charge in [0, 0.05) is 17.3 Å². The largest absolute Gasteiger partial charge is 0.481 e. The molecule has 0 aliphatic heterocycles. The molecule has 0 radical (unpaired) electrons. The van der Waals surface area contributed by atoms with Crippen LogP contribution in [0.1, 0.15) is 85.5 Å². The topological polar surface area (TPSA) is 95.5 Å². The van der Waals surface area contributed by atoms with Gasteiger partial charge in [-0.1, -0.05) is 32.6 Å². The highest BCUT2D eigenvalue weighted by Crippen LogP contribution is 2.40. The minimum absolute atomic E-state index is 0.0842. The fourth-order valence-electron chi connectivity index (χ4n) is 4.25. The molecule has 2 aliphatic rings. The Hall–Kier alpha value is -1.89. The summed E-state index contributed by atoms with van der Waals surface area (Å²) in [4.78, 5) is 37.3. The number of rotatable bonds is 7. The lowest BCUT2D eigenvalue weighted by molar-refractivity contribution is -0.138. The Morgan fingerprint density at radius 2 is 1.86 bits per heavy atom. The van der Waals surface area contributed by atoms with Crippen LogP contribution in [-0.4, -0.2) is 28.9 Å². The fraction of sp³-hybridized carbons (Fsp3) is 0.667. The van der Waals surface area contributed by atoms with E-state index in [1.54, 1.807) is 0 Å². The molecule has 0 spiro atoms. The molecule has 28 heavy (non-hydrogen) atoms. The van der Waals surface area contributed by atoms with Gasteiger partial charge in [-0.3, -0.25) is 14.4 Å². The SMILES string of the molecule is CC[C@@H]1CCc2c(sc(NC(=O)CCC(=O)O)c2C(=O)NC2CCCCC2)C1. The van der Waals surface area contributed by atoms with E-state index in [0.29, 0.717) is 16.5 Å². The van der Waals surface area contributed by atoms with Gasteiger partial charge in [0.05, 0.1) is 12.0 Å². The zero-order chi connectivity index (χ0) is 20.1. The van der Waals surface area contributed by atoms with Gasteiger partial charge in [0.15, 0.2) is 0 Å². The van der Waals surface area contributed by atoms with Crippen molar-refractivity contribution in [1.29, 1.82) is 0 Å². The van der Waals surface area contributed by atoms with Crippen molar-refractivity contribution in [3.63, 3.8) is 0 Å². The number of thiophene rings is 1. The van der Waals surface area contributed by atoms with E-state index in [9.17, 15) is 14.4 Å². The third-order valence-electron chi connectivity index (χ3n) is 5.93. The van der Waals surface area contributed by atoms with Gasteiger partial charge in [-0.25, -0.2) is 0 Å². The molecule has 1 atom stereocenters. The van der Waals surface area contributed by atoms with Crippen LogP contribution in [0.25, 0.3) is 0 Å². The first-order valence-electron chi connectivity index (χ1n) is 10.4. The third-order valence-corrected chi connectivity index (χ3v) is 7.10. The number of carbonyl (C=O) groups is 3. The van der Waals surface area contributed by atoms with Gasteiger partial charge in [0.2, 0.25) is 5.91 Å². The van der Waals surface area contributed by atoms with E-state index in [1.807, 2.05) is 0 Å². The van der Waals surface area contributed by atoms with E-state index in [-0.39, 0.29) is 30.7 Å². The van der Waals surface area contributed by atoms with Gasteiger partial charge in [0.1, 0.15) is 5.00 Å². The molecule has 3 N–H and O–H groups in total. The zero-order valence-electron chi connectivity index (χ0n) is 16.5. The number of anilines is 1. The highest BCUT2D eigenvalue weighted by atomic mass is 32.1. The molecule has 6 nitrogen and oxygen atoms in total. The molecule has 7 heteroatoms. The Morgan fingerprint density at radius 3 is 2.54 bits per heavy atom. The zero-order valence-corrected chi connectivity index (χ0v) is 17.3. The van der Waals surface area contributed by atoms with Gasteiger partial charge in [-0.2, -0.15) is 0 Å². The summed E-state index contributed by atoms with van der Waals surface area (Å²) in [6.45, 7) is 2.19. The number of hydrogen-bond donors (Lipinski definition) is 3. The molecule has 1 heterocycles. The van der Waals surface area contributed by atoms with E-state index < -0.39 is 5.97 Å². The molecule has 1 aromatic rings. The first-order valence-corrected chi connectivity index (χ1v) is 11.3. The lowest BCUT2D eigenvalue weighted by Crippen LogP contribution is -2.37. The van der Waals surface area contributed by atoms with Crippen LogP contribution in [-0.2, 0) is 22.4 Å². The van der Waals surface area contributed by atoms with Crippen molar-refractivity contribution >= 4 is 34.1 Å². The molecular formula is C21H30N2O4S. The van der Waals surface area contributed by atoms with Crippen molar-refractivity contribution in [2.75, 3.05) is 5.32 Å². The Bertz CT molecular complexity index is 737. The van der Waals surface area contributed by atoms with Crippen LogP contribution in [0, 0.1) is 5.92 Å². The molecular weight excluding hydrogens is 376 g/mol. The predicted octanol–water partition coefficient (Wildman–Crippen LogP) is 4.13. The number of carboxylic acids is 1. The van der Waals surface area contributed by atoms with Crippen molar-refractivity contribution in [1.82, 2.24) is 5.32 Å². The molecule has 1 aromatic heterocycles. The van der Waals surface area contributed by atoms with Crippen molar-refractivity contribution in [2.24, 2.45) is 5.92 Å². The Kier molecular flexibility index (Phi) is 7.10. The second kappa shape index (κ2) is 9.54. The van der Waals surface area contributed by atoms with Crippen LogP contribution in [0.5, 0.6) is 0 Å². The molecule has 2 amide bonds. The standard InChI is InChI=1S/C21H30N2O4S/c1-2-13-8-9-15-16(12-13)28-21(23-17(24)10-11-18(25)26)19(15)20(27)22-14-6-4-3-5-7-14/h13-14H,2-12H2,1H3,(H,22,27)(H,23,24)(H,25,26)/t13-/m1/s1. The second-order valence-electron chi connectivity index (χ2n) is 7.98. The first-order chi connectivity index (χ1) is 13.5. The summed E-state index contributed by atoms with van der Waals surface area (Å²) in [5, 5.41) is 15.4. The average Bonchev–Trinajstić information content (AvgIpc) is 3.03. The summed E-state index contributed by atoms with van der Waals surface area (Å²) in [6, 6.07) is 0.208. The van der Waals surface area contributed by atoms with Gasteiger partial charge < -0.3 is 15.7 Å². The summed E-state index contributed by atoms with van der Waals surface area (Å²) in [5.41, 5.74) is 1.69. The third kappa shape index (κ3) is 5.13. The van der Waals surface area contributed by atoms with Crippen LogP contribution in [0.2, 0.25) is 0 Å². The molecule has 3 rings (SSSR count). The predicted molar refractivity (Wildman–Crippen MR) is 110 cm³/mol. The first kappa shape index (κ1) is 20.8. The van der Waals surface area contributed by atoms with Gasteiger partial charge in [0.25, 0.3) is 5.91 Å². The minimum Gasteiger partial charge on any atom is -0.481 e. The summed E-state index contributed by atoms with van der Waals surface area (Å²) >= 11 is 1.49.